The largest absolute Gasteiger partial charge is 0.426 e. The second kappa shape index (κ2) is 6.80. The predicted octanol–water partition coefficient (Wildman–Crippen LogP) is 2.48. The van der Waals surface area contributed by atoms with Gasteiger partial charge in [0.05, 0.1) is 10.6 Å². The molecule has 0 atom stereocenters. The zero-order valence-electron chi connectivity index (χ0n) is 13.1. The van der Waals surface area contributed by atoms with Gasteiger partial charge in [-0.1, -0.05) is 24.3 Å². The third kappa shape index (κ3) is 3.88. The summed E-state index contributed by atoms with van der Waals surface area (Å²) >= 11 is 0. The minimum Gasteiger partial charge on any atom is -0.426 e. The third-order valence-corrected chi connectivity index (χ3v) is 5.74. The van der Waals surface area contributed by atoms with E-state index in [1.54, 1.807) is 55.2 Å². The maximum Gasteiger partial charge on any atom is 0.308 e. The Morgan fingerprint density at radius 2 is 1.13 bits per heavy atom. The molecule has 0 aromatic heterocycles. The van der Waals surface area contributed by atoms with Crippen LogP contribution < -0.4 is 20.1 Å². The molecular weight excluding hydrogens is 315 g/mol. The van der Waals surface area contributed by atoms with Gasteiger partial charge in [0.25, 0.3) is 0 Å². The standard InChI is InChI=1S/C17H17O5P/c1-12(18)21-14-8-4-6-10-16(14)23(3,20)17-11-7-5-9-15(17)22-13(2)19/h4-11H,1-3H3. The molecule has 2 rings (SSSR count). The Morgan fingerprint density at radius 3 is 1.48 bits per heavy atom. The van der Waals surface area contributed by atoms with Crippen molar-refractivity contribution < 1.29 is 23.6 Å². The molecule has 2 aromatic rings. The fourth-order valence-corrected chi connectivity index (χ4v) is 4.31. The molecule has 2 aromatic carbocycles. The van der Waals surface area contributed by atoms with Crippen molar-refractivity contribution in [1.82, 2.24) is 0 Å². The van der Waals surface area contributed by atoms with Crippen molar-refractivity contribution in [1.29, 1.82) is 0 Å². The normalized spacial score (nSPS) is 10.9. The smallest absolute Gasteiger partial charge is 0.308 e. The lowest BCUT2D eigenvalue weighted by molar-refractivity contribution is -0.132. The highest BCUT2D eigenvalue weighted by molar-refractivity contribution is 7.78. The summed E-state index contributed by atoms with van der Waals surface area (Å²) in [4.78, 5) is 22.5. The summed E-state index contributed by atoms with van der Waals surface area (Å²) in [6.07, 6.45) is 0. The molecule has 0 aliphatic rings. The van der Waals surface area contributed by atoms with E-state index in [1.807, 2.05) is 0 Å². The van der Waals surface area contributed by atoms with Gasteiger partial charge in [-0.15, -0.1) is 0 Å². The van der Waals surface area contributed by atoms with Crippen molar-refractivity contribution in [3.05, 3.63) is 48.5 Å². The molecular formula is C17H17O5P. The first-order valence-electron chi connectivity index (χ1n) is 6.96. The van der Waals surface area contributed by atoms with Gasteiger partial charge in [-0.3, -0.25) is 9.59 Å². The SMILES string of the molecule is CC(=O)Oc1ccccc1P(C)(=O)c1ccccc1OC(C)=O. The molecule has 0 heterocycles. The van der Waals surface area contributed by atoms with Gasteiger partial charge >= 0.3 is 11.9 Å². The van der Waals surface area contributed by atoms with E-state index in [4.69, 9.17) is 9.47 Å². The number of carbonyl (C=O) groups is 2. The molecule has 0 amide bonds. The van der Waals surface area contributed by atoms with Crippen LogP contribution in [0, 0.1) is 0 Å². The van der Waals surface area contributed by atoms with E-state index < -0.39 is 19.1 Å². The Bertz CT molecular complexity index is 734. The lowest BCUT2D eigenvalue weighted by Gasteiger charge is -2.19. The van der Waals surface area contributed by atoms with E-state index in [1.165, 1.54) is 13.8 Å². The summed E-state index contributed by atoms with van der Waals surface area (Å²) in [5.41, 5.74) is 0. The zero-order valence-corrected chi connectivity index (χ0v) is 14.0. The van der Waals surface area contributed by atoms with Gasteiger partial charge < -0.3 is 14.0 Å². The minimum absolute atomic E-state index is 0.239. The summed E-state index contributed by atoms with van der Waals surface area (Å²) in [7, 11) is -3.14. The van der Waals surface area contributed by atoms with Crippen molar-refractivity contribution in [3.63, 3.8) is 0 Å². The Labute approximate surface area is 134 Å². The van der Waals surface area contributed by atoms with Gasteiger partial charge in [-0.2, -0.15) is 0 Å². The molecule has 0 bridgehead atoms. The fourth-order valence-electron chi connectivity index (χ4n) is 2.23. The minimum atomic E-state index is -3.14. The number of rotatable bonds is 4. The van der Waals surface area contributed by atoms with Crippen LogP contribution in [0.5, 0.6) is 11.5 Å². The van der Waals surface area contributed by atoms with Gasteiger partial charge in [-0.05, 0) is 30.9 Å². The Hall–Kier alpha value is -2.39. The molecule has 0 spiro atoms. The molecule has 6 heteroatoms. The zero-order chi connectivity index (χ0) is 17.0. The van der Waals surface area contributed by atoms with Crippen molar-refractivity contribution in [2.24, 2.45) is 0 Å². The molecule has 23 heavy (non-hydrogen) atoms. The molecule has 120 valence electrons. The highest BCUT2D eigenvalue weighted by atomic mass is 31.2. The average Bonchev–Trinajstić information content (AvgIpc) is 2.46. The van der Waals surface area contributed by atoms with Crippen LogP contribution in [0.3, 0.4) is 0 Å². The molecule has 0 saturated heterocycles. The lowest BCUT2D eigenvalue weighted by Crippen LogP contribution is -2.21. The Balaban J connectivity index is 2.58. The average molecular weight is 332 g/mol. The van der Waals surface area contributed by atoms with Crippen LogP contribution in [0.2, 0.25) is 0 Å². The summed E-state index contributed by atoms with van der Waals surface area (Å²) in [5.74, 6) is -0.511. The second-order valence-electron chi connectivity index (χ2n) is 5.05. The number of esters is 2. The number of hydrogen-bond donors (Lipinski definition) is 0. The topological polar surface area (TPSA) is 69.7 Å². The molecule has 0 aliphatic carbocycles. The van der Waals surface area contributed by atoms with Crippen LogP contribution >= 0.6 is 7.14 Å². The monoisotopic (exact) mass is 332 g/mol. The van der Waals surface area contributed by atoms with Crippen LogP contribution in [-0.4, -0.2) is 18.6 Å². The van der Waals surface area contributed by atoms with Crippen LogP contribution in [0.15, 0.2) is 48.5 Å². The maximum atomic E-state index is 13.4. The molecule has 0 N–H and O–H groups in total. The molecule has 5 nitrogen and oxygen atoms in total. The van der Waals surface area contributed by atoms with E-state index in [-0.39, 0.29) is 11.5 Å². The predicted molar refractivity (Wildman–Crippen MR) is 88.3 cm³/mol. The van der Waals surface area contributed by atoms with Crippen molar-refractivity contribution >= 4 is 29.7 Å². The molecule has 0 aliphatic heterocycles. The summed E-state index contributed by atoms with van der Waals surface area (Å²) < 4.78 is 23.7. The van der Waals surface area contributed by atoms with Crippen LogP contribution in [-0.2, 0) is 14.2 Å². The summed E-state index contributed by atoms with van der Waals surface area (Å²) in [5, 5.41) is 0.796. The summed E-state index contributed by atoms with van der Waals surface area (Å²) in [6, 6.07) is 13.3. The van der Waals surface area contributed by atoms with Crippen molar-refractivity contribution in [2.75, 3.05) is 6.66 Å². The quantitative estimate of drug-likeness (QED) is 0.489. The number of hydrogen-bond acceptors (Lipinski definition) is 5. The molecule has 0 radical (unpaired) electrons. The van der Waals surface area contributed by atoms with Crippen molar-refractivity contribution in [3.8, 4) is 11.5 Å². The first kappa shape index (κ1) is 17.0. The van der Waals surface area contributed by atoms with Crippen LogP contribution in [0.25, 0.3) is 0 Å². The molecule has 0 fully saturated rings. The van der Waals surface area contributed by atoms with Gasteiger partial charge in [0.1, 0.15) is 18.6 Å². The molecule has 0 saturated carbocycles. The van der Waals surface area contributed by atoms with Gasteiger partial charge in [0.15, 0.2) is 0 Å². The highest BCUT2D eigenvalue weighted by Crippen LogP contribution is 2.44. The van der Waals surface area contributed by atoms with Gasteiger partial charge in [-0.25, -0.2) is 0 Å². The number of carbonyl (C=O) groups excluding carboxylic acids is 2. The Morgan fingerprint density at radius 1 is 0.783 bits per heavy atom. The van der Waals surface area contributed by atoms with E-state index in [0.29, 0.717) is 10.6 Å². The van der Waals surface area contributed by atoms with E-state index >= 15 is 0 Å². The number of para-hydroxylation sites is 2. The third-order valence-electron chi connectivity index (χ3n) is 3.16. The van der Waals surface area contributed by atoms with Crippen molar-refractivity contribution in [2.45, 2.75) is 13.8 Å². The van der Waals surface area contributed by atoms with Gasteiger partial charge in [0.2, 0.25) is 0 Å². The summed E-state index contributed by atoms with van der Waals surface area (Å²) in [6.45, 7) is 4.12. The van der Waals surface area contributed by atoms with Gasteiger partial charge in [0, 0.05) is 13.8 Å². The second-order valence-corrected chi connectivity index (χ2v) is 7.86. The van der Waals surface area contributed by atoms with E-state index in [9.17, 15) is 14.2 Å². The first-order valence-corrected chi connectivity index (χ1v) is 9.11. The number of ether oxygens (including phenoxy) is 2. The lowest BCUT2D eigenvalue weighted by atomic mass is 10.3. The molecule has 0 unspecified atom stereocenters. The highest BCUT2D eigenvalue weighted by Gasteiger charge is 2.29. The maximum absolute atomic E-state index is 13.4. The Kier molecular flexibility index (Phi) is 5.02. The fraction of sp³-hybridized carbons (Fsp3) is 0.176. The van der Waals surface area contributed by atoms with Crippen LogP contribution in [0.1, 0.15) is 13.8 Å². The van der Waals surface area contributed by atoms with E-state index in [2.05, 4.69) is 0 Å². The van der Waals surface area contributed by atoms with E-state index in [0.717, 1.165) is 0 Å². The number of benzene rings is 2. The first-order chi connectivity index (χ1) is 10.8. The van der Waals surface area contributed by atoms with Crippen LogP contribution in [0.4, 0.5) is 0 Å².